The van der Waals surface area contributed by atoms with Gasteiger partial charge in [-0.25, -0.2) is 4.39 Å². The average Bonchev–Trinajstić information content (AvgIpc) is 2.44. The second kappa shape index (κ2) is 6.84. The van der Waals surface area contributed by atoms with E-state index >= 15 is 0 Å². The lowest BCUT2D eigenvalue weighted by molar-refractivity contribution is 0.521. The standard InChI is InChI=1S/C16H18ClFN2/c1-11-4-2-3-5-13(11)10-14(20-19)8-12-6-7-16(18)15(17)9-12/h2-7,9,14,20H,8,10,19H2,1H3. The van der Waals surface area contributed by atoms with Gasteiger partial charge in [-0.2, -0.15) is 0 Å². The smallest absolute Gasteiger partial charge is 0.141 e. The van der Waals surface area contributed by atoms with Crippen LogP contribution in [0.1, 0.15) is 16.7 Å². The maximum absolute atomic E-state index is 13.1. The van der Waals surface area contributed by atoms with Crippen molar-refractivity contribution in [2.24, 2.45) is 5.84 Å². The first-order valence-electron chi connectivity index (χ1n) is 6.54. The molecule has 2 aromatic carbocycles. The number of hydrogen-bond donors (Lipinski definition) is 2. The molecule has 2 aromatic rings. The van der Waals surface area contributed by atoms with Gasteiger partial charge in [-0.3, -0.25) is 11.3 Å². The van der Waals surface area contributed by atoms with Gasteiger partial charge in [0.05, 0.1) is 5.02 Å². The third-order valence-corrected chi connectivity index (χ3v) is 3.72. The van der Waals surface area contributed by atoms with Crippen molar-refractivity contribution >= 4 is 11.6 Å². The highest BCUT2D eigenvalue weighted by molar-refractivity contribution is 6.30. The van der Waals surface area contributed by atoms with Crippen LogP contribution in [-0.4, -0.2) is 6.04 Å². The SMILES string of the molecule is Cc1ccccc1CC(Cc1ccc(F)c(Cl)c1)NN. The van der Waals surface area contributed by atoms with Gasteiger partial charge in [-0.1, -0.05) is 41.9 Å². The van der Waals surface area contributed by atoms with Gasteiger partial charge in [-0.15, -0.1) is 0 Å². The number of rotatable bonds is 5. The predicted molar refractivity (Wildman–Crippen MR) is 81.1 cm³/mol. The maximum atomic E-state index is 13.1. The van der Waals surface area contributed by atoms with Crippen molar-refractivity contribution in [3.8, 4) is 0 Å². The molecular weight excluding hydrogens is 275 g/mol. The number of nitrogens with two attached hydrogens (primary N) is 1. The van der Waals surface area contributed by atoms with Crippen LogP contribution in [-0.2, 0) is 12.8 Å². The van der Waals surface area contributed by atoms with Gasteiger partial charge in [-0.05, 0) is 48.6 Å². The lowest BCUT2D eigenvalue weighted by Crippen LogP contribution is -2.38. The zero-order valence-corrected chi connectivity index (χ0v) is 12.1. The highest BCUT2D eigenvalue weighted by atomic mass is 35.5. The third kappa shape index (κ3) is 3.79. The van der Waals surface area contributed by atoms with Crippen molar-refractivity contribution in [2.45, 2.75) is 25.8 Å². The monoisotopic (exact) mass is 292 g/mol. The molecule has 20 heavy (non-hydrogen) atoms. The first-order chi connectivity index (χ1) is 9.60. The van der Waals surface area contributed by atoms with E-state index in [-0.39, 0.29) is 11.1 Å². The van der Waals surface area contributed by atoms with Gasteiger partial charge in [0.2, 0.25) is 0 Å². The summed E-state index contributed by atoms with van der Waals surface area (Å²) in [4.78, 5) is 0. The summed E-state index contributed by atoms with van der Waals surface area (Å²) in [5.41, 5.74) is 6.28. The Bertz CT molecular complexity index is 586. The summed E-state index contributed by atoms with van der Waals surface area (Å²) in [5, 5.41) is 0.147. The summed E-state index contributed by atoms with van der Waals surface area (Å²) in [5.74, 6) is 5.23. The Kier molecular flexibility index (Phi) is 5.12. The third-order valence-electron chi connectivity index (χ3n) is 3.43. The number of hydrogen-bond acceptors (Lipinski definition) is 2. The first-order valence-corrected chi connectivity index (χ1v) is 6.92. The zero-order valence-electron chi connectivity index (χ0n) is 11.4. The number of nitrogens with one attached hydrogen (secondary N) is 1. The molecular formula is C16H18ClFN2. The molecule has 0 amide bonds. The fraction of sp³-hybridized carbons (Fsp3) is 0.250. The quantitative estimate of drug-likeness (QED) is 0.655. The van der Waals surface area contributed by atoms with E-state index in [4.69, 9.17) is 17.4 Å². The summed E-state index contributed by atoms with van der Waals surface area (Å²) < 4.78 is 13.1. The van der Waals surface area contributed by atoms with Crippen LogP contribution in [0, 0.1) is 12.7 Å². The average molecular weight is 293 g/mol. The number of benzene rings is 2. The Morgan fingerprint density at radius 3 is 2.60 bits per heavy atom. The van der Waals surface area contributed by atoms with E-state index in [1.54, 1.807) is 12.1 Å². The van der Waals surface area contributed by atoms with Crippen LogP contribution in [0.25, 0.3) is 0 Å². The second-order valence-electron chi connectivity index (χ2n) is 4.95. The van der Waals surface area contributed by atoms with Gasteiger partial charge in [0, 0.05) is 6.04 Å². The lowest BCUT2D eigenvalue weighted by atomic mass is 9.97. The molecule has 0 aliphatic carbocycles. The Morgan fingerprint density at radius 2 is 1.95 bits per heavy atom. The van der Waals surface area contributed by atoms with E-state index in [1.165, 1.54) is 17.2 Å². The molecule has 0 bridgehead atoms. The van der Waals surface area contributed by atoms with Gasteiger partial charge in [0.25, 0.3) is 0 Å². The topological polar surface area (TPSA) is 38.0 Å². The summed E-state index contributed by atoms with van der Waals surface area (Å²) in [6.45, 7) is 2.08. The van der Waals surface area contributed by atoms with Crippen LogP contribution >= 0.6 is 11.6 Å². The minimum atomic E-state index is -0.397. The molecule has 0 saturated carbocycles. The van der Waals surface area contributed by atoms with Crippen LogP contribution in [0.3, 0.4) is 0 Å². The Morgan fingerprint density at radius 1 is 1.20 bits per heavy atom. The van der Waals surface area contributed by atoms with Crippen molar-refractivity contribution in [1.82, 2.24) is 5.43 Å². The number of aryl methyl sites for hydroxylation is 1. The molecule has 0 spiro atoms. The molecule has 1 unspecified atom stereocenters. The number of hydrazine groups is 1. The van der Waals surface area contributed by atoms with E-state index in [2.05, 4.69) is 24.5 Å². The van der Waals surface area contributed by atoms with Gasteiger partial charge >= 0.3 is 0 Å². The van der Waals surface area contributed by atoms with E-state index in [9.17, 15) is 4.39 Å². The molecule has 4 heteroatoms. The largest absolute Gasteiger partial charge is 0.271 e. The summed E-state index contributed by atoms with van der Waals surface area (Å²) in [6.07, 6.45) is 1.52. The Hall–Kier alpha value is -1.42. The molecule has 0 fully saturated rings. The molecule has 2 nitrogen and oxygen atoms in total. The van der Waals surface area contributed by atoms with Gasteiger partial charge < -0.3 is 0 Å². The molecule has 3 N–H and O–H groups in total. The summed E-state index contributed by atoms with van der Waals surface area (Å²) in [7, 11) is 0. The van der Waals surface area contributed by atoms with E-state index in [0.29, 0.717) is 6.42 Å². The van der Waals surface area contributed by atoms with Crippen LogP contribution < -0.4 is 11.3 Å². The molecule has 106 valence electrons. The van der Waals surface area contributed by atoms with Crippen LogP contribution in [0.15, 0.2) is 42.5 Å². The van der Waals surface area contributed by atoms with E-state index in [0.717, 1.165) is 12.0 Å². The molecule has 0 aliphatic rings. The van der Waals surface area contributed by atoms with Crippen molar-refractivity contribution < 1.29 is 4.39 Å². The highest BCUT2D eigenvalue weighted by Gasteiger charge is 2.11. The molecule has 0 radical (unpaired) electrons. The van der Waals surface area contributed by atoms with Crippen molar-refractivity contribution in [3.05, 3.63) is 70.0 Å². The molecule has 1 atom stereocenters. The van der Waals surface area contributed by atoms with Crippen LogP contribution in [0.4, 0.5) is 4.39 Å². The fourth-order valence-electron chi connectivity index (χ4n) is 2.25. The lowest BCUT2D eigenvalue weighted by Gasteiger charge is -2.17. The predicted octanol–water partition coefficient (Wildman–Crippen LogP) is 3.40. The first kappa shape index (κ1) is 15.0. The van der Waals surface area contributed by atoms with Crippen molar-refractivity contribution in [2.75, 3.05) is 0 Å². The molecule has 0 aliphatic heterocycles. The highest BCUT2D eigenvalue weighted by Crippen LogP contribution is 2.18. The van der Waals surface area contributed by atoms with Crippen LogP contribution in [0.2, 0.25) is 5.02 Å². The summed E-state index contributed by atoms with van der Waals surface area (Å²) >= 11 is 5.80. The number of halogens is 2. The minimum Gasteiger partial charge on any atom is -0.271 e. The molecule has 2 rings (SSSR count). The van der Waals surface area contributed by atoms with Crippen molar-refractivity contribution in [3.63, 3.8) is 0 Å². The Balaban J connectivity index is 2.09. The molecule has 0 aromatic heterocycles. The van der Waals surface area contributed by atoms with Crippen LogP contribution in [0.5, 0.6) is 0 Å². The molecule has 0 saturated heterocycles. The molecule has 0 heterocycles. The second-order valence-corrected chi connectivity index (χ2v) is 5.35. The maximum Gasteiger partial charge on any atom is 0.141 e. The normalized spacial score (nSPS) is 12.4. The van der Waals surface area contributed by atoms with E-state index < -0.39 is 5.82 Å². The van der Waals surface area contributed by atoms with Gasteiger partial charge in [0.15, 0.2) is 0 Å². The Labute approximate surface area is 123 Å². The fourth-order valence-corrected chi connectivity index (χ4v) is 2.45. The minimum absolute atomic E-state index is 0.0811. The van der Waals surface area contributed by atoms with Gasteiger partial charge in [0.1, 0.15) is 5.82 Å². The summed E-state index contributed by atoms with van der Waals surface area (Å²) in [6, 6.07) is 13.1. The van der Waals surface area contributed by atoms with Crippen molar-refractivity contribution in [1.29, 1.82) is 0 Å². The zero-order chi connectivity index (χ0) is 14.5. The van der Waals surface area contributed by atoms with E-state index in [1.807, 2.05) is 12.1 Å².